The summed E-state index contributed by atoms with van der Waals surface area (Å²) in [6, 6.07) is 51.9. The molecule has 0 bridgehead atoms. The van der Waals surface area contributed by atoms with E-state index < -0.39 is 0 Å². The average Bonchev–Trinajstić information content (AvgIpc) is 3.29. The third kappa shape index (κ3) is 3.27. The molecule has 0 N–H and O–H groups in total. The molecule has 0 fully saturated rings. The van der Waals surface area contributed by atoms with Crippen molar-refractivity contribution in [3.8, 4) is 5.69 Å². The van der Waals surface area contributed by atoms with Gasteiger partial charge in [0.2, 0.25) is 0 Å². The van der Waals surface area contributed by atoms with Gasteiger partial charge in [-0.25, -0.2) is 0 Å². The maximum absolute atomic E-state index is 2.42. The Hall–Kier alpha value is -4.82. The lowest BCUT2D eigenvalue weighted by Gasteiger charge is -2.27. The fraction of sp³-hybridized carbons (Fsp3) is 0. The van der Waals surface area contributed by atoms with Crippen LogP contribution in [0.3, 0.4) is 0 Å². The van der Waals surface area contributed by atoms with Gasteiger partial charge in [-0.3, -0.25) is 0 Å². The highest BCUT2D eigenvalue weighted by Gasteiger charge is 2.21. The molecule has 1 aromatic heterocycles. The highest BCUT2D eigenvalue weighted by molar-refractivity contribution is 6.14. The standard InChI is InChI=1S/C34H24N2/c1-3-14-27(15-4-1)35(28-16-5-2-6-17-28)33-21-11-19-31-30-18-9-10-20-32(30)36(34(31)33)29-23-22-25-12-7-8-13-26(25)24-29/h1-24H. The molecule has 7 rings (SSSR count). The minimum atomic E-state index is 1.13. The molecule has 0 unspecified atom stereocenters. The molecular weight excluding hydrogens is 436 g/mol. The van der Waals surface area contributed by atoms with Crippen LogP contribution in [0.5, 0.6) is 0 Å². The van der Waals surface area contributed by atoms with E-state index in [1.807, 2.05) is 0 Å². The molecule has 0 spiro atoms. The molecule has 36 heavy (non-hydrogen) atoms. The SMILES string of the molecule is c1ccc(N(c2ccccc2)c2cccc3c4ccccc4n(-c4ccc5ccccc5c4)c23)cc1. The van der Waals surface area contributed by atoms with E-state index in [9.17, 15) is 0 Å². The summed E-state index contributed by atoms with van der Waals surface area (Å²) < 4.78 is 2.42. The van der Waals surface area contributed by atoms with Crippen molar-refractivity contribution in [2.24, 2.45) is 0 Å². The molecule has 0 aliphatic rings. The van der Waals surface area contributed by atoms with Crippen molar-refractivity contribution in [1.29, 1.82) is 0 Å². The minimum Gasteiger partial charge on any atom is -0.308 e. The first-order chi connectivity index (χ1) is 17.9. The highest BCUT2D eigenvalue weighted by Crippen LogP contribution is 2.43. The van der Waals surface area contributed by atoms with Crippen LogP contribution in [0.4, 0.5) is 17.1 Å². The number of nitrogens with zero attached hydrogens (tertiary/aromatic N) is 2. The van der Waals surface area contributed by atoms with Crippen molar-refractivity contribution in [3.05, 3.63) is 146 Å². The van der Waals surface area contributed by atoms with E-state index in [2.05, 4.69) is 155 Å². The van der Waals surface area contributed by atoms with E-state index >= 15 is 0 Å². The van der Waals surface area contributed by atoms with E-state index in [4.69, 9.17) is 0 Å². The first-order valence-electron chi connectivity index (χ1n) is 12.3. The fourth-order valence-electron chi connectivity index (χ4n) is 5.35. The van der Waals surface area contributed by atoms with Gasteiger partial charge >= 0.3 is 0 Å². The third-order valence-corrected chi connectivity index (χ3v) is 6.93. The van der Waals surface area contributed by atoms with E-state index in [1.165, 1.54) is 32.6 Å². The summed E-state index contributed by atoms with van der Waals surface area (Å²) in [6.45, 7) is 0. The van der Waals surface area contributed by atoms with Crippen LogP contribution < -0.4 is 4.90 Å². The molecule has 6 aromatic carbocycles. The Kier molecular flexibility index (Phi) is 4.82. The number of para-hydroxylation sites is 4. The molecule has 0 aliphatic heterocycles. The van der Waals surface area contributed by atoms with Gasteiger partial charge in [0.1, 0.15) is 0 Å². The number of hydrogen-bond donors (Lipinski definition) is 0. The average molecular weight is 461 g/mol. The molecule has 2 heteroatoms. The zero-order valence-electron chi connectivity index (χ0n) is 19.8. The van der Waals surface area contributed by atoms with Crippen molar-refractivity contribution in [1.82, 2.24) is 4.57 Å². The number of benzene rings is 6. The smallest absolute Gasteiger partial charge is 0.0782 e. The highest BCUT2D eigenvalue weighted by atomic mass is 15.2. The summed E-state index contributed by atoms with van der Waals surface area (Å²) in [6.07, 6.45) is 0. The van der Waals surface area contributed by atoms with Crippen LogP contribution in [0, 0.1) is 0 Å². The second-order valence-electron chi connectivity index (χ2n) is 9.06. The molecule has 1 heterocycles. The zero-order valence-corrected chi connectivity index (χ0v) is 19.8. The van der Waals surface area contributed by atoms with E-state index in [0.717, 1.165) is 22.7 Å². The molecule has 0 amide bonds. The summed E-state index contributed by atoms with van der Waals surface area (Å²) in [5.41, 5.74) is 6.97. The van der Waals surface area contributed by atoms with Gasteiger partial charge in [-0.15, -0.1) is 0 Å². The van der Waals surface area contributed by atoms with Gasteiger partial charge in [-0.05, 0) is 59.3 Å². The van der Waals surface area contributed by atoms with Crippen LogP contribution >= 0.6 is 0 Å². The maximum atomic E-state index is 2.42. The molecular formula is C34H24N2. The van der Waals surface area contributed by atoms with Gasteiger partial charge in [0.05, 0.1) is 16.7 Å². The second kappa shape index (κ2) is 8.44. The van der Waals surface area contributed by atoms with Crippen LogP contribution in [0.25, 0.3) is 38.3 Å². The molecule has 0 saturated carbocycles. The van der Waals surface area contributed by atoms with Crippen LogP contribution in [0.2, 0.25) is 0 Å². The summed E-state index contributed by atoms with van der Waals surface area (Å²) in [4.78, 5) is 2.36. The summed E-state index contributed by atoms with van der Waals surface area (Å²) in [5, 5.41) is 4.98. The molecule has 0 atom stereocenters. The molecule has 170 valence electrons. The van der Waals surface area contributed by atoms with Crippen molar-refractivity contribution in [2.45, 2.75) is 0 Å². The summed E-state index contributed by atoms with van der Waals surface area (Å²) >= 11 is 0. The second-order valence-corrected chi connectivity index (χ2v) is 9.06. The van der Waals surface area contributed by atoms with Crippen molar-refractivity contribution in [2.75, 3.05) is 4.90 Å². The van der Waals surface area contributed by atoms with Crippen LogP contribution in [-0.2, 0) is 0 Å². The number of rotatable bonds is 4. The Bertz CT molecular complexity index is 1790. The van der Waals surface area contributed by atoms with Gasteiger partial charge in [-0.2, -0.15) is 0 Å². The summed E-state index contributed by atoms with van der Waals surface area (Å²) in [5.74, 6) is 0. The van der Waals surface area contributed by atoms with E-state index in [0.29, 0.717) is 0 Å². The van der Waals surface area contributed by atoms with Crippen molar-refractivity contribution >= 4 is 49.6 Å². The Balaban J connectivity index is 1.60. The number of fused-ring (bicyclic) bond motifs is 4. The Morgan fingerprint density at radius 1 is 0.444 bits per heavy atom. The quantitative estimate of drug-likeness (QED) is 0.254. The van der Waals surface area contributed by atoms with Gasteiger partial charge in [0.25, 0.3) is 0 Å². The first kappa shape index (κ1) is 20.5. The van der Waals surface area contributed by atoms with Gasteiger partial charge in [0.15, 0.2) is 0 Å². The number of aromatic nitrogens is 1. The molecule has 2 nitrogen and oxygen atoms in total. The predicted molar refractivity (Wildman–Crippen MR) is 153 cm³/mol. The summed E-state index contributed by atoms with van der Waals surface area (Å²) in [7, 11) is 0. The molecule has 7 aromatic rings. The van der Waals surface area contributed by atoms with Gasteiger partial charge < -0.3 is 9.47 Å². The Morgan fingerprint density at radius 2 is 1.06 bits per heavy atom. The predicted octanol–water partition coefficient (Wildman–Crippen LogP) is 9.41. The third-order valence-electron chi connectivity index (χ3n) is 6.93. The first-order valence-corrected chi connectivity index (χ1v) is 12.3. The van der Waals surface area contributed by atoms with Crippen LogP contribution in [0.1, 0.15) is 0 Å². The molecule has 0 radical (unpaired) electrons. The minimum absolute atomic E-state index is 1.13. The maximum Gasteiger partial charge on any atom is 0.0782 e. The van der Waals surface area contributed by atoms with Gasteiger partial charge in [-0.1, -0.05) is 97.1 Å². The normalized spacial score (nSPS) is 11.3. The largest absolute Gasteiger partial charge is 0.308 e. The van der Waals surface area contributed by atoms with E-state index in [1.54, 1.807) is 0 Å². The molecule has 0 aliphatic carbocycles. The Morgan fingerprint density at radius 3 is 1.81 bits per heavy atom. The lowest BCUT2D eigenvalue weighted by Crippen LogP contribution is -2.11. The topological polar surface area (TPSA) is 8.17 Å². The van der Waals surface area contributed by atoms with Crippen LogP contribution in [-0.4, -0.2) is 4.57 Å². The zero-order chi connectivity index (χ0) is 23.9. The Labute approximate surface area is 210 Å². The number of anilines is 3. The fourth-order valence-corrected chi connectivity index (χ4v) is 5.35. The molecule has 0 saturated heterocycles. The van der Waals surface area contributed by atoms with Crippen molar-refractivity contribution in [3.63, 3.8) is 0 Å². The lowest BCUT2D eigenvalue weighted by atomic mass is 10.1. The van der Waals surface area contributed by atoms with Crippen LogP contribution in [0.15, 0.2) is 146 Å². The lowest BCUT2D eigenvalue weighted by molar-refractivity contribution is 1.17. The monoisotopic (exact) mass is 460 g/mol. The van der Waals surface area contributed by atoms with Crippen molar-refractivity contribution < 1.29 is 0 Å². The number of hydrogen-bond acceptors (Lipinski definition) is 1. The van der Waals surface area contributed by atoms with E-state index in [-0.39, 0.29) is 0 Å². The van der Waals surface area contributed by atoms with Gasteiger partial charge in [0, 0.05) is 27.8 Å².